The van der Waals surface area contributed by atoms with Crippen LogP contribution in [0.15, 0.2) is 84.9 Å². The standard InChI is InChI=1S/C25H26N2O3/c1-25(2,3)27-23(28)19-14-16-20(17-15-19)26-24(29)22(18-10-6-4-7-11-18)30-21-12-8-5-9-13-21/h4-17,22H,1-3H3,(H,26,29)(H,27,28). The van der Waals surface area contributed by atoms with E-state index < -0.39 is 6.10 Å². The Morgan fingerprint density at radius 1 is 0.800 bits per heavy atom. The molecule has 3 aromatic rings. The fourth-order valence-electron chi connectivity index (χ4n) is 2.86. The minimum Gasteiger partial charge on any atom is -0.476 e. The number of hydrogen-bond acceptors (Lipinski definition) is 3. The molecule has 0 aromatic heterocycles. The molecule has 0 aliphatic heterocycles. The van der Waals surface area contributed by atoms with Gasteiger partial charge in [0, 0.05) is 22.4 Å². The first-order valence-corrected chi connectivity index (χ1v) is 9.82. The highest BCUT2D eigenvalue weighted by molar-refractivity contribution is 5.97. The molecule has 3 aromatic carbocycles. The first kappa shape index (κ1) is 21.1. The average Bonchev–Trinajstić information content (AvgIpc) is 2.72. The first-order chi connectivity index (χ1) is 14.3. The van der Waals surface area contributed by atoms with E-state index >= 15 is 0 Å². The minimum atomic E-state index is -0.808. The maximum atomic E-state index is 13.0. The summed E-state index contributed by atoms with van der Waals surface area (Å²) in [5.74, 6) is 0.155. The van der Waals surface area contributed by atoms with E-state index in [0.29, 0.717) is 17.0 Å². The van der Waals surface area contributed by atoms with Gasteiger partial charge in [0.1, 0.15) is 5.75 Å². The Morgan fingerprint density at radius 3 is 1.93 bits per heavy atom. The Bertz CT molecular complexity index is 978. The summed E-state index contributed by atoms with van der Waals surface area (Å²) in [5, 5.41) is 5.80. The molecule has 3 rings (SSSR count). The third kappa shape index (κ3) is 5.95. The van der Waals surface area contributed by atoms with Crippen molar-refractivity contribution in [1.82, 2.24) is 5.32 Å². The highest BCUT2D eigenvalue weighted by Gasteiger charge is 2.23. The molecule has 0 radical (unpaired) electrons. The number of amides is 2. The lowest BCUT2D eigenvalue weighted by Gasteiger charge is -2.21. The monoisotopic (exact) mass is 402 g/mol. The van der Waals surface area contributed by atoms with Gasteiger partial charge in [-0.05, 0) is 57.2 Å². The van der Waals surface area contributed by atoms with Crippen molar-refractivity contribution in [3.05, 3.63) is 96.1 Å². The van der Waals surface area contributed by atoms with Crippen molar-refractivity contribution in [1.29, 1.82) is 0 Å². The van der Waals surface area contributed by atoms with Crippen LogP contribution in [0.3, 0.4) is 0 Å². The predicted octanol–water partition coefficient (Wildman–Crippen LogP) is 4.97. The third-order valence-electron chi connectivity index (χ3n) is 4.24. The van der Waals surface area contributed by atoms with Crippen molar-refractivity contribution < 1.29 is 14.3 Å². The molecule has 5 heteroatoms. The summed E-state index contributed by atoms with van der Waals surface area (Å²) in [5.41, 5.74) is 1.55. The van der Waals surface area contributed by atoms with Crippen molar-refractivity contribution >= 4 is 17.5 Å². The van der Waals surface area contributed by atoms with E-state index in [1.54, 1.807) is 24.3 Å². The molecule has 2 N–H and O–H groups in total. The van der Waals surface area contributed by atoms with Crippen LogP contribution in [-0.4, -0.2) is 17.4 Å². The molecule has 0 aliphatic carbocycles. The number of carbonyl (C=O) groups excluding carboxylic acids is 2. The molecular weight excluding hydrogens is 376 g/mol. The number of ether oxygens (including phenoxy) is 1. The zero-order valence-corrected chi connectivity index (χ0v) is 17.4. The van der Waals surface area contributed by atoms with Gasteiger partial charge in [-0.1, -0.05) is 48.5 Å². The summed E-state index contributed by atoms with van der Waals surface area (Å²) in [6.45, 7) is 5.78. The third-order valence-corrected chi connectivity index (χ3v) is 4.24. The molecule has 2 amide bonds. The predicted molar refractivity (Wildman–Crippen MR) is 119 cm³/mol. The molecule has 0 aliphatic rings. The van der Waals surface area contributed by atoms with Gasteiger partial charge in [0.25, 0.3) is 11.8 Å². The number of carbonyl (C=O) groups is 2. The van der Waals surface area contributed by atoms with E-state index in [2.05, 4.69) is 10.6 Å². The Labute approximate surface area is 177 Å². The highest BCUT2D eigenvalue weighted by Crippen LogP contribution is 2.23. The second-order valence-electron chi connectivity index (χ2n) is 7.99. The lowest BCUT2D eigenvalue weighted by Crippen LogP contribution is -2.40. The topological polar surface area (TPSA) is 67.4 Å². The van der Waals surface area contributed by atoms with Crippen LogP contribution in [-0.2, 0) is 4.79 Å². The van der Waals surface area contributed by atoms with Gasteiger partial charge in [-0.15, -0.1) is 0 Å². The smallest absolute Gasteiger partial charge is 0.270 e. The molecule has 1 unspecified atom stereocenters. The SMILES string of the molecule is CC(C)(C)NC(=O)c1ccc(NC(=O)C(Oc2ccccc2)c2ccccc2)cc1. The van der Waals surface area contributed by atoms with Crippen LogP contribution < -0.4 is 15.4 Å². The van der Waals surface area contributed by atoms with Crippen molar-refractivity contribution in [3.8, 4) is 5.75 Å². The van der Waals surface area contributed by atoms with E-state index in [9.17, 15) is 9.59 Å². The second kappa shape index (κ2) is 9.27. The van der Waals surface area contributed by atoms with Crippen molar-refractivity contribution in [2.24, 2.45) is 0 Å². The Kier molecular flexibility index (Phi) is 6.52. The molecule has 5 nitrogen and oxygen atoms in total. The normalized spacial score (nSPS) is 12.0. The largest absolute Gasteiger partial charge is 0.476 e. The molecule has 30 heavy (non-hydrogen) atoms. The van der Waals surface area contributed by atoms with Gasteiger partial charge in [0.05, 0.1) is 0 Å². The Hall–Kier alpha value is -3.60. The number of benzene rings is 3. The Balaban J connectivity index is 1.74. The van der Waals surface area contributed by atoms with Gasteiger partial charge < -0.3 is 15.4 Å². The quantitative estimate of drug-likeness (QED) is 0.611. The first-order valence-electron chi connectivity index (χ1n) is 9.82. The van der Waals surface area contributed by atoms with Crippen molar-refractivity contribution in [2.45, 2.75) is 32.4 Å². The summed E-state index contributed by atoms with van der Waals surface area (Å²) in [4.78, 5) is 25.3. The van der Waals surface area contributed by atoms with E-state index in [1.165, 1.54) is 0 Å². The summed E-state index contributed by atoms with van der Waals surface area (Å²) in [6, 6.07) is 25.4. The molecule has 0 fully saturated rings. The molecule has 0 saturated heterocycles. The van der Waals surface area contributed by atoms with E-state index in [0.717, 1.165) is 5.56 Å². The molecular formula is C25H26N2O3. The maximum absolute atomic E-state index is 13.0. The average molecular weight is 402 g/mol. The molecule has 0 bridgehead atoms. The summed E-state index contributed by atoms with van der Waals surface area (Å²) >= 11 is 0. The molecule has 0 spiro atoms. The van der Waals surface area contributed by atoms with E-state index in [4.69, 9.17) is 4.74 Å². The van der Waals surface area contributed by atoms with Crippen LogP contribution in [0, 0.1) is 0 Å². The van der Waals surface area contributed by atoms with E-state index in [-0.39, 0.29) is 17.4 Å². The fraction of sp³-hybridized carbons (Fsp3) is 0.200. The minimum absolute atomic E-state index is 0.157. The Morgan fingerprint density at radius 2 is 1.37 bits per heavy atom. The van der Waals surface area contributed by atoms with Crippen molar-refractivity contribution in [3.63, 3.8) is 0 Å². The number of anilines is 1. The summed E-state index contributed by atoms with van der Waals surface area (Å²) < 4.78 is 5.98. The number of rotatable bonds is 6. The van der Waals surface area contributed by atoms with Crippen LogP contribution in [0.1, 0.15) is 42.8 Å². The van der Waals surface area contributed by atoms with Crippen LogP contribution in [0.5, 0.6) is 5.75 Å². The van der Waals surface area contributed by atoms with Gasteiger partial charge in [-0.3, -0.25) is 9.59 Å². The summed E-state index contributed by atoms with van der Waals surface area (Å²) in [7, 11) is 0. The molecule has 0 saturated carbocycles. The van der Waals surface area contributed by atoms with Gasteiger partial charge in [0.15, 0.2) is 0 Å². The van der Waals surface area contributed by atoms with Crippen LogP contribution in [0.4, 0.5) is 5.69 Å². The lowest BCUT2D eigenvalue weighted by molar-refractivity contribution is -0.123. The zero-order chi connectivity index (χ0) is 21.6. The van der Waals surface area contributed by atoms with Crippen LogP contribution >= 0.6 is 0 Å². The van der Waals surface area contributed by atoms with Crippen LogP contribution in [0.25, 0.3) is 0 Å². The van der Waals surface area contributed by atoms with Gasteiger partial charge in [0.2, 0.25) is 6.10 Å². The lowest BCUT2D eigenvalue weighted by atomic mass is 10.1. The highest BCUT2D eigenvalue weighted by atomic mass is 16.5. The number of para-hydroxylation sites is 1. The van der Waals surface area contributed by atoms with Crippen LogP contribution in [0.2, 0.25) is 0 Å². The maximum Gasteiger partial charge on any atom is 0.270 e. The molecule has 1 atom stereocenters. The number of nitrogens with one attached hydrogen (secondary N) is 2. The second-order valence-corrected chi connectivity index (χ2v) is 7.99. The zero-order valence-electron chi connectivity index (χ0n) is 17.4. The van der Waals surface area contributed by atoms with Gasteiger partial charge in [-0.2, -0.15) is 0 Å². The summed E-state index contributed by atoms with van der Waals surface area (Å²) in [6.07, 6.45) is -0.808. The fourth-order valence-corrected chi connectivity index (χ4v) is 2.86. The van der Waals surface area contributed by atoms with Crippen molar-refractivity contribution in [2.75, 3.05) is 5.32 Å². The number of hydrogen-bond donors (Lipinski definition) is 2. The van der Waals surface area contributed by atoms with Gasteiger partial charge in [-0.25, -0.2) is 0 Å². The van der Waals surface area contributed by atoms with Gasteiger partial charge >= 0.3 is 0 Å². The molecule has 154 valence electrons. The van der Waals surface area contributed by atoms with E-state index in [1.807, 2.05) is 81.4 Å². The molecule has 0 heterocycles.